The predicted octanol–water partition coefficient (Wildman–Crippen LogP) is 1.85. The van der Waals surface area contributed by atoms with Gasteiger partial charge in [0.25, 0.3) is 0 Å². The third kappa shape index (κ3) is 4.95. The van der Waals surface area contributed by atoms with Crippen LogP contribution in [0.2, 0.25) is 10.0 Å². The van der Waals surface area contributed by atoms with Crippen molar-refractivity contribution in [2.45, 2.75) is 6.10 Å². The molecule has 2 atom stereocenters. The van der Waals surface area contributed by atoms with E-state index in [1.54, 1.807) is 18.2 Å². The van der Waals surface area contributed by atoms with E-state index in [0.717, 1.165) is 6.26 Å². The van der Waals surface area contributed by atoms with Gasteiger partial charge in [0.1, 0.15) is 0 Å². The smallest absolute Gasteiger partial charge is 0.224 e. The van der Waals surface area contributed by atoms with E-state index in [2.05, 4.69) is 0 Å². The molecule has 10 heteroatoms. The van der Waals surface area contributed by atoms with Gasteiger partial charge in [-0.1, -0.05) is 29.3 Å². The Bertz CT molecular complexity index is 684. The van der Waals surface area contributed by atoms with Gasteiger partial charge in [0.2, 0.25) is 15.9 Å². The van der Waals surface area contributed by atoms with Gasteiger partial charge in [-0.25, -0.2) is 8.42 Å². The number of rotatable bonds is 3. The Morgan fingerprint density at radius 2 is 2.00 bits per heavy atom. The lowest BCUT2D eigenvalue weighted by molar-refractivity contribution is -0.126. The molecule has 0 saturated carbocycles. The van der Waals surface area contributed by atoms with Crippen LogP contribution in [0.1, 0.15) is 11.7 Å². The molecule has 1 amide bonds. The van der Waals surface area contributed by atoms with Crippen molar-refractivity contribution < 1.29 is 17.9 Å². The van der Waals surface area contributed by atoms with Crippen molar-refractivity contribution in [2.75, 3.05) is 26.0 Å². The van der Waals surface area contributed by atoms with Gasteiger partial charge < -0.3 is 10.5 Å². The highest BCUT2D eigenvalue weighted by molar-refractivity contribution is 7.88. The number of ether oxygens (including phenoxy) is 1. The summed E-state index contributed by atoms with van der Waals surface area (Å²) in [4.78, 5) is 11.8. The Morgan fingerprint density at radius 3 is 2.52 bits per heavy atom. The monoisotopic (exact) mass is 402 g/mol. The number of carbonyl (C=O) groups excluding carboxylic acids is 1. The van der Waals surface area contributed by atoms with E-state index in [9.17, 15) is 13.2 Å². The summed E-state index contributed by atoms with van der Waals surface area (Å²) in [6.45, 7) is 0.293. The van der Waals surface area contributed by atoms with E-state index < -0.39 is 28.0 Å². The fraction of sp³-hybridized carbons (Fsp3) is 0.462. The summed E-state index contributed by atoms with van der Waals surface area (Å²) in [5.74, 6) is -1.44. The number of halogens is 3. The zero-order valence-corrected chi connectivity index (χ0v) is 15.4. The van der Waals surface area contributed by atoms with Crippen LogP contribution in [0.3, 0.4) is 0 Å². The van der Waals surface area contributed by atoms with Gasteiger partial charge in [-0.05, 0) is 17.7 Å². The zero-order chi connectivity index (χ0) is 16.5. The summed E-state index contributed by atoms with van der Waals surface area (Å²) in [5.41, 5.74) is 6.07. The third-order valence-electron chi connectivity index (χ3n) is 3.51. The lowest BCUT2D eigenvalue weighted by Gasteiger charge is -2.24. The van der Waals surface area contributed by atoms with Crippen LogP contribution in [0.25, 0.3) is 0 Å². The standard InChI is InChI=1S/C13H16Cl2N2O4S.ClH/c1-22(19,20)17-4-5-21-12(9(7-17)13(16)18)8-2-3-10(14)11(15)6-8;/h2-3,6,9,12H,4-5,7H2,1H3,(H2,16,18);1H/t9-,12+;/m1./s1. The molecule has 6 nitrogen and oxygen atoms in total. The first kappa shape index (κ1) is 20.5. The van der Waals surface area contributed by atoms with Crippen LogP contribution in [0.15, 0.2) is 18.2 Å². The van der Waals surface area contributed by atoms with Gasteiger partial charge in [0.15, 0.2) is 0 Å². The summed E-state index contributed by atoms with van der Waals surface area (Å²) in [6, 6.07) is 4.88. The van der Waals surface area contributed by atoms with Crippen LogP contribution in [0, 0.1) is 5.92 Å². The van der Waals surface area contributed by atoms with Crippen molar-refractivity contribution in [3.05, 3.63) is 33.8 Å². The molecule has 23 heavy (non-hydrogen) atoms. The van der Waals surface area contributed by atoms with E-state index >= 15 is 0 Å². The van der Waals surface area contributed by atoms with Crippen molar-refractivity contribution in [1.29, 1.82) is 0 Å². The summed E-state index contributed by atoms with van der Waals surface area (Å²) >= 11 is 11.9. The number of benzene rings is 1. The SMILES string of the molecule is CS(=O)(=O)N1CCO[C@@H](c2ccc(Cl)c(Cl)c2)[C@H](C(N)=O)C1.Cl. The van der Waals surface area contributed by atoms with Crippen molar-refractivity contribution in [3.63, 3.8) is 0 Å². The predicted molar refractivity (Wildman–Crippen MR) is 91.5 cm³/mol. The average Bonchev–Trinajstić information content (AvgIpc) is 2.64. The number of hydrogen-bond donors (Lipinski definition) is 1. The molecule has 0 aromatic heterocycles. The van der Waals surface area contributed by atoms with Gasteiger partial charge in [-0.15, -0.1) is 12.4 Å². The average molecular weight is 404 g/mol. The summed E-state index contributed by atoms with van der Waals surface area (Å²) in [6.07, 6.45) is 0.420. The van der Waals surface area contributed by atoms with Crippen LogP contribution in [-0.4, -0.2) is 44.6 Å². The van der Waals surface area contributed by atoms with Crippen LogP contribution in [-0.2, 0) is 19.6 Å². The molecule has 1 saturated heterocycles. The molecule has 0 bridgehead atoms. The van der Waals surface area contributed by atoms with E-state index in [0.29, 0.717) is 15.6 Å². The van der Waals surface area contributed by atoms with E-state index in [4.69, 9.17) is 33.7 Å². The number of primary amides is 1. The molecule has 1 aromatic rings. The normalized spacial score (nSPS) is 22.9. The molecular weight excluding hydrogens is 387 g/mol. The Balaban J connectivity index is 0.00000264. The Kier molecular flexibility index (Phi) is 7.12. The molecular formula is C13H17Cl3N2O4S. The number of nitrogens with zero attached hydrogens (tertiary/aromatic N) is 1. The number of carbonyl (C=O) groups is 1. The highest BCUT2D eigenvalue weighted by atomic mass is 35.5. The molecule has 1 heterocycles. The number of hydrogen-bond acceptors (Lipinski definition) is 4. The highest BCUT2D eigenvalue weighted by Gasteiger charge is 2.36. The van der Waals surface area contributed by atoms with Gasteiger partial charge in [-0.2, -0.15) is 4.31 Å². The van der Waals surface area contributed by atoms with Crippen molar-refractivity contribution >= 4 is 51.5 Å². The molecule has 1 aliphatic heterocycles. The maximum atomic E-state index is 11.8. The summed E-state index contributed by atoms with van der Waals surface area (Å²) in [5, 5.41) is 0.711. The van der Waals surface area contributed by atoms with E-state index in [-0.39, 0.29) is 32.1 Å². The fourth-order valence-corrected chi connectivity index (χ4v) is 3.51. The third-order valence-corrected chi connectivity index (χ3v) is 5.52. The Labute approximate surface area is 151 Å². The minimum absolute atomic E-state index is 0. The lowest BCUT2D eigenvalue weighted by Crippen LogP contribution is -2.40. The molecule has 1 aliphatic rings. The largest absolute Gasteiger partial charge is 0.371 e. The maximum Gasteiger partial charge on any atom is 0.224 e. The summed E-state index contributed by atoms with van der Waals surface area (Å²) < 4.78 is 30.3. The van der Waals surface area contributed by atoms with Crippen LogP contribution in [0.5, 0.6) is 0 Å². The molecule has 2 rings (SSSR count). The van der Waals surface area contributed by atoms with Gasteiger partial charge in [0.05, 0.1) is 34.9 Å². The highest BCUT2D eigenvalue weighted by Crippen LogP contribution is 2.33. The molecule has 1 fully saturated rings. The number of amides is 1. The molecule has 130 valence electrons. The van der Waals surface area contributed by atoms with Crippen LogP contribution >= 0.6 is 35.6 Å². The fourth-order valence-electron chi connectivity index (χ4n) is 2.36. The number of sulfonamides is 1. The second-order valence-corrected chi connectivity index (χ2v) is 7.89. The maximum absolute atomic E-state index is 11.8. The summed E-state index contributed by atoms with van der Waals surface area (Å²) in [7, 11) is -3.44. The molecule has 0 spiro atoms. The van der Waals surface area contributed by atoms with E-state index in [1.165, 1.54) is 4.31 Å². The number of nitrogens with two attached hydrogens (primary N) is 1. The van der Waals surface area contributed by atoms with E-state index in [1.807, 2.05) is 0 Å². The molecule has 0 radical (unpaired) electrons. The van der Waals surface area contributed by atoms with Crippen molar-refractivity contribution in [3.8, 4) is 0 Å². The molecule has 0 unspecified atom stereocenters. The topological polar surface area (TPSA) is 89.7 Å². The van der Waals surface area contributed by atoms with Gasteiger partial charge >= 0.3 is 0 Å². The molecule has 2 N–H and O–H groups in total. The second-order valence-electron chi connectivity index (χ2n) is 5.09. The van der Waals surface area contributed by atoms with Crippen molar-refractivity contribution in [1.82, 2.24) is 4.31 Å². The minimum atomic E-state index is -3.44. The molecule has 0 aliphatic carbocycles. The van der Waals surface area contributed by atoms with Gasteiger partial charge in [-0.3, -0.25) is 4.79 Å². The van der Waals surface area contributed by atoms with Gasteiger partial charge in [0, 0.05) is 13.1 Å². The first-order valence-corrected chi connectivity index (χ1v) is 9.11. The lowest BCUT2D eigenvalue weighted by atomic mass is 9.95. The van der Waals surface area contributed by atoms with Crippen LogP contribution < -0.4 is 5.73 Å². The minimum Gasteiger partial charge on any atom is -0.371 e. The Hall–Kier alpha value is -0.570. The first-order valence-electron chi connectivity index (χ1n) is 6.51. The zero-order valence-electron chi connectivity index (χ0n) is 12.2. The Morgan fingerprint density at radius 1 is 1.35 bits per heavy atom. The quantitative estimate of drug-likeness (QED) is 0.834. The first-order chi connectivity index (χ1) is 10.2. The molecule has 1 aromatic carbocycles. The second kappa shape index (κ2) is 8.00. The van der Waals surface area contributed by atoms with Crippen LogP contribution in [0.4, 0.5) is 0 Å². The van der Waals surface area contributed by atoms with Crippen molar-refractivity contribution in [2.24, 2.45) is 11.7 Å².